The lowest BCUT2D eigenvalue weighted by Gasteiger charge is -2.18. The molecule has 0 fully saturated rings. The Morgan fingerprint density at radius 1 is 1.08 bits per heavy atom. The normalized spacial score (nSPS) is 11.1. The minimum Gasteiger partial charge on any atom is -0.484 e. The lowest BCUT2D eigenvalue weighted by Crippen LogP contribution is -2.31. The maximum Gasteiger partial charge on any atom is 0.416 e. The number of alkyl halides is 3. The van der Waals surface area contributed by atoms with Crippen molar-refractivity contribution in [3.63, 3.8) is 0 Å². The summed E-state index contributed by atoms with van der Waals surface area (Å²) in [4.78, 5) is 24.8. The number of carbonyl (C=O) groups excluding carboxylic acids is 2. The summed E-state index contributed by atoms with van der Waals surface area (Å²) in [5.41, 5.74) is 0.324. The van der Waals surface area contributed by atoms with Gasteiger partial charge in [0.05, 0.1) is 5.56 Å². The van der Waals surface area contributed by atoms with Crippen LogP contribution in [0, 0.1) is 0 Å². The third-order valence-corrected chi connectivity index (χ3v) is 3.73. The molecule has 0 aromatic heterocycles. The molecule has 0 aliphatic rings. The Bertz CT molecular complexity index is 785. The lowest BCUT2D eigenvalue weighted by atomic mass is 10.1. The van der Waals surface area contributed by atoms with E-state index in [-0.39, 0.29) is 24.8 Å². The van der Waals surface area contributed by atoms with Crippen LogP contribution in [0.2, 0.25) is 0 Å². The van der Waals surface area contributed by atoms with Crippen LogP contribution in [0.15, 0.2) is 48.5 Å². The lowest BCUT2D eigenvalue weighted by molar-refractivity contribution is -0.137. The van der Waals surface area contributed by atoms with Crippen molar-refractivity contribution < 1.29 is 27.5 Å². The molecule has 0 atom stereocenters. The number of Topliss-reactive ketones (excluding diaryl/α,β-unsaturated/α-hetero) is 1. The van der Waals surface area contributed by atoms with Gasteiger partial charge in [-0.15, -0.1) is 0 Å². The topological polar surface area (TPSA) is 46.6 Å². The molecule has 26 heavy (non-hydrogen) atoms. The Morgan fingerprint density at radius 3 is 2.31 bits per heavy atom. The van der Waals surface area contributed by atoms with E-state index in [1.165, 1.54) is 31.0 Å². The fourth-order valence-corrected chi connectivity index (χ4v) is 2.22. The van der Waals surface area contributed by atoms with E-state index >= 15 is 0 Å². The Hall–Kier alpha value is -2.83. The molecule has 4 nitrogen and oxygen atoms in total. The van der Waals surface area contributed by atoms with Gasteiger partial charge in [0.1, 0.15) is 5.75 Å². The number of halogens is 3. The first-order chi connectivity index (χ1) is 12.2. The van der Waals surface area contributed by atoms with Gasteiger partial charge in [-0.25, -0.2) is 0 Å². The molecule has 0 unspecified atom stereocenters. The summed E-state index contributed by atoms with van der Waals surface area (Å²) in [6, 6.07) is 11.1. The van der Waals surface area contributed by atoms with Gasteiger partial charge in [0.2, 0.25) is 0 Å². The number of hydrogen-bond acceptors (Lipinski definition) is 3. The van der Waals surface area contributed by atoms with Crippen LogP contribution >= 0.6 is 0 Å². The van der Waals surface area contributed by atoms with Crippen LogP contribution in [0.4, 0.5) is 13.2 Å². The van der Waals surface area contributed by atoms with E-state index in [9.17, 15) is 22.8 Å². The first-order valence-corrected chi connectivity index (χ1v) is 7.80. The van der Waals surface area contributed by atoms with Crippen LogP contribution < -0.4 is 4.74 Å². The van der Waals surface area contributed by atoms with E-state index in [1.807, 2.05) is 0 Å². The number of carbonyl (C=O) groups is 2. The molecule has 0 aliphatic carbocycles. The molecule has 0 spiro atoms. The molecule has 0 saturated carbocycles. The van der Waals surface area contributed by atoms with Gasteiger partial charge in [0.15, 0.2) is 12.4 Å². The van der Waals surface area contributed by atoms with E-state index in [0.29, 0.717) is 16.9 Å². The van der Waals surface area contributed by atoms with E-state index in [4.69, 9.17) is 4.74 Å². The van der Waals surface area contributed by atoms with E-state index in [2.05, 4.69) is 0 Å². The molecule has 1 amide bonds. The number of likely N-dealkylation sites (N-methyl/N-ethyl adjacent to an activating group) is 1. The van der Waals surface area contributed by atoms with E-state index in [0.717, 1.165) is 12.1 Å². The van der Waals surface area contributed by atoms with Crippen LogP contribution in [-0.2, 0) is 17.5 Å². The van der Waals surface area contributed by atoms with Gasteiger partial charge in [0, 0.05) is 19.2 Å². The van der Waals surface area contributed by atoms with Crippen LogP contribution in [0.25, 0.3) is 0 Å². The maximum atomic E-state index is 12.5. The van der Waals surface area contributed by atoms with Crippen LogP contribution in [0.5, 0.6) is 5.75 Å². The molecule has 0 bridgehead atoms. The second-order valence-corrected chi connectivity index (χ2v) is 5.82. The SMILES string of the molecule is CC(=O)c1cccc(OCC(=O)N(C)Cc2ccc(C(F)(F)F)cc2)c1. The standard InChI is InChI=1S/C19H18F3NO3/c1-13(24)15-4-3-5-17(10-15)26-12-18(25)23(2)11-14-6-8-16(9-7-14)19(20,21)22/h3-10H,11-12H2,1-2H3. The van der Waals surface area contributed by atoms with Gasteiger partial charge >= 0.3 is 6.18 Å². The summed E-state index contributed by atoms with van der Waals surface area (Å²) in [5.74, 6) is -0.0479. The van der Waals surface area contributed by atoms with Crippen molar-refractivity contribution in [3.05, 3.63) is 65.2 Å². The number of nitrogens with zero attached hydrogens (tertiary/aromatic N) is 1. The zero-order chi connectivity index (χ0) is 19.3. The first kappa shape index (κ1) is 19.5. The van der Waals surface area contributed by atoms with E-state index < -0.39 is 11.7 Å². The van der Waals surface area contributed by atoms with Gasteiger partial charge in [-0.1, -0.05) is 24.3 Å². The molecule has 0 heterocycles. The van der Waals surface area contributed by atoms with Crippen LogP contribution in [-0.4, -0.2) is 30.2 Å². The highest BCUT2D eigenvalue weighted by Gasteiger charge is 2.29. The van der Waals surface area contributed by atoms with E-state index in [1.54, 1.807) is 24.3 Å². The summed E-state index contributed by atoms with van der Waals surface area (Å²) < 4.78 is 43.0. The highest BCUT2D eigenvalue weighted by Crippen LogP contribution is 2.29. The Labute approximate surface area is 149 Å². The van der Waals surface area contributed by atoms with Crippen molar-refractivity contribution in [2.24, 2.45) is 0 Å². The Kier molecular flexibility index (Phi) is 6.02. The van der Waals surface area contributed by atoms with Crippen molar-refractivity contribution in [1.82, 2.24) is 4.90 Å². The quantitative estimate of drug-likeness (QED) is 0.729. The summed E-state index contributed by atoms with van der Waals surface area (Å²) in [6.45, 7) is 1.36. The molecule has 2 rings (SSSR count). The van der Waals surface area contributed by atoms with Gasteiger partial charge in [-0.2, -0.15) is 13.2 Å². The summed E-state index contributed by atoms with van der Waals surface area (Å²) in [5, 5.41) is 0. The van der Waals surface area contributed by atoms with Gasteiger partial charge in [-0.3, -0.25) is 9.59 Å². The zero-order valence-electron chi connectivity index (χ0n) is 14.3. The fourth-order valence-electron chi connectivity index (χ4n) is 2.22. The number of ether oxygens (including phenoxy) is 1. The van der Waals surface area contributed by atoms with Gasteiger partial charge in [0.25, 0.3) is 5.91 Å². The number of rotatable bonds is 6. The largest absolute Gasteiger partial charge is 0.484 e. The molecule has 0 radical (unpaired) electrons. The smallest absolute Gasteiger partial charge is 0.416 e. The maximum absolute atomic E-state index is 12.5. The number of hydrogen-bond donors (Lipinski definition) is 0. The molecule has 0 N–H and O–H groups in total. The second kappa shape index (κ2) is 8.03. The molecular formula is C19H18F3NO3. The van der Waals surface area contributed by atoms with Crippen molar-refractivity contribution in [3.8, 4) is 5.75 Å². The monoisotopic (exact) mass is 365 g/mol. The Balaban J connectivity index is 1.91. The number of benzene rings is 2. The summed E-state index contributed by atoms with van der Waals surface area (Å²) in [6.07, 6.45) is -4.39. The summed E-state index contributed by atoms with van der Waals surface area (Å²) in [7, 11) is 1.54. The van der Waals surface area contributed by atoms with Crippen molar-refractivity contribution in [2.75, 3.05) is 13.7 Å². The highest BCUT2D eigenvalue weighted by molar-refractivity contribution is 5.94. The first-order valence-electron chi connectivity index (χ1n) is 7.80. The fraction of sp³-hybridized carbons (Fsp3) is 0.263. The molecular weight excluding hydrogens is 347 g/mol. The van der Waals surface area contributed by atoms with Crippen molar-refractivity contribution in [2.45, 2.75) is 19.6 Å². The minimum absolute atomic E-state index is 0.110. The third-order valence-electron chi connectivity index (χ3n) is 3.73. The molecule has 7 heteroatoms. The van der Waals surface area contributed by atoms with Crippen molar-refractivity contribution in [1.29, 1.82) is 0 Å². The highest BCUT2D eigenvalue weighted by atomic mass is 19.4. The molecule has 0 aliphatic heterocycles. The van der Waals surface area contributed by atoms with Gasteiger partial charge in [-0.05, 0) is 36.8 Å². The predicted octanol–water partition coefficient (Wildman–Crippen LogP) is 3.95. The van der Waals surface area contributed by atoms with Crippen LogP contribution in [0.3, 0.4) is 0 Å². The molecule has 2 aromatic rings. The molecule has 138 valence electrons. The number of ketones is 1. The molecule has 2 aromatic carbocycles. The minimum atomic E-state index is -4.39. The third kappa shape index (κ3) is 5.34. The molecule has 0 saturated heterocycles. The number of amides is 1. The average Bonchev–Trinajstić information content (AvgIpc) is 2.59. The Morgan fingerprint density at radius 2 is 1.73 bits per heavy atom. The second-order valence-electron chi connectivity index (χ2n) is 5.82. The predicted molar refractivity (Wildman–Crippen MR) is 89.9 cm³/mol. The average molecular weight is 365 g/mol. The van der Waals surface area contributed by atoms with Crippen LogP contribution in [0.1, 0.15) is 28.4 Å². The summed E-state index contributed by atoms with van der Waals surface area (Å²) >= 11 is 0. The van der Waals surface area contributed by atoms with Crippen molar-refractivity contribution >= 4 is 11.7 Å². The zero-order valence-corrected chi connectivity index (χ0v) is 14.3. The van der Waals surface area contributed by atoms with Gasteiger partial charge < -0.3 is 9.64 Å².